The van der Waals surface area contributed by atoms with Crippen LogP contribution in [-0.4, -0.2) is 25.2 Å². The first kappa shape index (κ1) is 17.0. The van der Waals surface area contributed by atoms with Crippen LogP contribution in [0.3, 0.4) is 0 Å². The van der Waals surface area contributed by atoms with Crippen LogP contribution in [0.4, 0.5) is 10.3 Å². The Morgan fingerprint density at radius 1 is 1.24 bits per heavy atom. The van der Waals surface area contributed by atoms with Crippen molar-refractivity contribution in [2.24, 2.45) is 0 Å². The van der Waals surface area contributed by atoms with Crippen LogP contribution in [0, 0.1) is 12.7 Å². The van der Waals surface area contributed by atoms with E-state index < -0.39 is 5.60 Å². The summed E-state index contributed by atoms with van der Waals surface area (Å²) in [7, 11) is 0. The lowest BCUT2D eigenvalue weighted by Gasteiger charge is -2.21. The molecule has 0 amide bonds. The summed E-state index contributed by atoms with van der Waals surface area (Å²) in [6, 6.07) is 7.36. The molecule has 0 bridgehead atoms. The number of aliphatic hydroxyl groups is 1. The van der Waals surface area contributed by atoms with Gasteiger partial charge in [0, 0.05) is 10.9 Å². The van der Waals surface area contributed by atoms with Gasteiger partial charge in [-0.15, -0.1) is 0 Å². The van der Waals surface area contributed by atoms with Crippen molar-refractivity contribution in [1.82, 2.24) is 14.5 Å². The molecule has 0 spiro atoms. The van der Waals surface area contributed by atoms with E-state index in [0.717, 1.165) is 0 Å². The van der Waals surface area contributed by atoms with Crippen molar-refractivity contribution in [2.75, 3.05) is 5.73 Å². The highest BCUT2D eigenvalue weighted by Gasteiger charge is 2.20. The maximum Gasteiger partial charge on any atom is 0.260 e. The molecule has 6 nitrogen and oxygen atoms in total. The second kappa shape index (κ2) is 5.93. The fraction of sp³-hybridized carbons (Fsp3) is 0.278. The average molecular weight is 342 g/mol. The van der Waals surface area contributed by atoms with Gasteiger partial charge in [0.05, 0.1) is 17.8 Å². The molecule has 0 saturated heterocycles. The summed E-state index contributed by atoms with van der Waals surface area (Å²) < 4.78 is 14.6. The van der Waals surface area contributed by atoms with E-state index in [2.05, 4.69) is 9.97 Å². The van der Waals surface area contributed by atoms with E-state index in [9.17, 15) is 14.3 Å². The van der Waals surface area contributed by atoms with Gasteiger partial charge in [-0.3, -0.25) is 9.36 Å². The lowest BCUT2D eigenvalue weighted by molar-refractivity contribution is 0.0617. The highest BCUT2D eigenvalue weighted by Crippen LogP contribution is 2.23. The molecular weight excluding hydrogens is 323 g/mol. The summed E-state index contributed by atoms with van der Waals surface area (Å²) >= 11 is 0. The first-order valence-electron chi connectivity index (χ1n) is 7.82. The molecule has 0 aliphatic heterocycles. The molecule has 0 unspecified atom stereocenters. The molecule has 0 atom stereocenters. The number of pyridine rings is 1. The first-order valence-corrected chi connectivity index (χ1v) is 7.82. The molecule has 0 radical (unpaired) electrons. The van der Waals surface area contributed by atoms with Crippen LogP contribution in [-0.2, 0) is 6.54 Å². The number of aryl methyl sites for hydroxylation is 1. The molecule has 7 heteroatoms. The van der Waals surface area contributed by atoms with Crippen LogP contribution in [0.5, 0.6) is 0 Å². The fourth-order valence-electron chi connectivity index (χ4n) is 2.78. The van der Waals surface area contributed by atoms with Crippen molar-refractivity contribution in [3.63, 3.8) is 0 Å². The van der Waals surface area contributed by atoms with E-state index >= 15 is 0 Å². The Labute approximate surface area is 143 Å². The van der Waals surface area contributed by atoms with Crippen molar-refractivity contribution in [1.29, 1.82) is 0 Å². The highest BCUT2D eigenvalue weighted by molar-refractivity contribution is 5.84. The maximum absolute atomic E-state index is 13.2. The Balaban J connectivity index is 2.38. The first-order chi connectivity index (χ1) is 11.7. The van der Waals surface area contributed by atoms with Crippen LogP contribution < -0.4 is 11.3 Å². The third kappa shape index (κ3) is 3.36. The predicted molar refractivity (Wildman–Crippen MR) is 94.6 cm³/mol. The number of hydrogen-bond donors (Lipinski definition) is 2. The molecule has 3 rings (SSSR count). The number of aromatic nitrogens is 3. The summed E-state index contributed by atoms with van der Waals surface area (Å²) in [6.07, 6.45) is 0. The average Bonchev–Trinajstić information content (AvgIpc) is 2.50. The number of fused-ring (bicyclic) bond motifs is 1. The van der Waals surface area contributed by atoms with Gasteiger partial charge in [-0.25, -0.2) is 9.37 Å². The Bertz CT molecular complexity index is 1000. The second-order valence-corrected chi connectivity index (χ2v) is 6.67. The number of nitrogen functional groups attached to an aromatic ring is 1. The van der Waals surface area contributed by atoms with Gasteiger partial charge in [0.25, 0.3) is 5.56 Å². The van der Waals surface area contributed by atoms with Gasteiger partial charge in [-0.1, -0.05) is 12.1 Å². The lowest BCUT2D eigenvalue weighted by atomic mass is 10.0. The summed E-state index contributed by atoms with van der Waals surface area (Å²) in [6.45, 7) is 5.02. The van der Waals surface area contributed by atoms with Gasteiger partial charge in [0.1, 0.15) is 11.5 Å². The van der Waals surface area contributed by atoms with Gasteiger partial charge in [-0.2, -0.15) is 4.98 Å². The highest BCUT2D eigenvalue weighted by atomic mass is 19.1. The number of nitrogens with two attached hydrogens (primary N) is 1. The Hall–Kier alpha value is -2.80. The van der Waals surface area contributed by atoms with Crippen molar-refractivity contribution in [2.45, 2.75) is 32.9 Å². The quantitative estimate of drug-likeness (QED) is 0.761. The molecule has 0 saturated carbocycles. The molecule has 0 aliphatic rings. The van der Waals surface area contributed by atoms with Crippen LogP contribution in [0.25, 0.3) is 22.2 Å². The summed E-state index contributed by atoms with van der Waals surface area (Å²) in [5.41, 5.74) is 6.21. The molecule has 0 fully saturated rings. The monoisotopic (exact) mass is 342 g/mol. The van der Waals surface area contributed by atoms with E-state index in [0.29, 0.717) is 27.9 Å². The second-order valence-electron chi connectivity index (χ2n) is 6.67. The van der Waals surface area contributed by atoms with Gasteiger partial charge in [0.15, 0.2) is 0 Å². The Morgan fingerprint density at radius 3 is 2.48 bits per heavy atom. The number of benzene rings is 1. The standard InChI is InChI=1S/C18H19FN4O2/c1-10-13-8-14(11-4-6-12(19)7-5-11)16(24)23(9-18(2,3)25)15(13)22-17(20)21-10/h4-8,25H,9H2,1-3H3,(H2,20,21,22). The molecular formula is C18H19FN4O2. The fourth-order valence-corrected chi connectivity index (χ4v) is 2.78. The minimum Gasteiger partial charge on any atom is -0.389 e. The number of halogens is 1. The van der Waals surface area contributed by atoms with Gasteiger partial charge >= 0.3 is 0 Å². The Kier molecular flexibility index (Phi) is 4.04. The number of hydrogen-bond acceptors (Lipinski definition) is 5. The molecule has 130 valence electrons. The van der Waals surface area contributed by atoms with Crippen LogP contribution >= 0.6 is 0 Å². The number of rotatable bonds is 3. The normalized spacial score (nSPS) is 11.9. The van der Waals surface area contributed by atoms with Crippen LogP contribution in [0.15, 0.2) is 35.1 Å². The maximum atomic E-state index is 13.2. The molecule has 0 aliphatic carbocycles. The zero-order valence-corrected chi connectivity index (χ0v) is 14.2. The van der Waals surface area contributed by atoms with Gasteiger partial charge in [0.2, 0.25) is 5.95 Å². The van der Waals surface area contributed by atoms with Crippen LogP contribution in [0.1, 0.15) is 19.5 Å². The SMILES string of the molecule is Cc1nc(N)nc2c1cc(-c1ccc(F)cc1)c(=O)n2CC(C)(C)O. The van der Waals surface area contributed by atoms with E-state index in [1.165, 1.54) is 16.7 Å². The molecule has 3 N–H and O–H groups in total. The predicted octanol–water partition coefficient (Wildman–Crippen LogP) is 2.26. The Morgan fingerprint density at radius 2 is 1.88 bits per heavy atom. The van der Waals surface area contributed by atoms with E-state index in [1.807, 2.05) is 0 Å². The zero-order valence-electron chi connectivity index (χ0n) is 14.2. The zero-order chi connectivity index (χ0) is 18.4. The summed E-state index contributed by atoms with van der Waals surface area (Å²) in [5.74, 6) is -0.322. The van der Waals surface area contributed by atoms with Crippen molar-refractivity contribution in [3.05, 3.63) is 52.2 Å². The third-order valence-corrected chi connectivity index (χ3v) is 3.85. The molecule has 25 heavy (non-hydrogen) atoms. The largest absolute Gasteiger partial charge is 0.389 e. The molecule has 2 aromatic heterocycles. The lowest BCUT2D eigenvalue weighted by Crippen LogP contribution is -2.34. The van der Waals surface area contributed by atoms with Crippen molar-refractivity contribution < 1.29 is 9.50 Å². The topological polar surface area (TPSA) is 94.0 Å². The van der Waals surface area contributed by atoms with E-state index in [-0.39, 0.29) is 23.9 Å². The number of nitrogens with zero attached hydrogens (tertiary/aromatic N) is 3. The van der Waals surface area contributed by atoms with Crippen molar-refractivity contribution in [3.8, 4) is 11.1 Å². The summed E-state index contributed by atoms with van der Waals surface area (Å²) in [5, 5.41) is 10.9. The molecule has 1 aromatic carbocycles. The van der Waals surface area contributed by atoms with E-state index in [4.69, 9.17) is 5.73 Å². The summed E-state index contributed by atoms with van der Waals surface area (Å²) in [4.78, 5) is 21.4. The minimum absolute atomic E-state index is 0.0350. The van der Waals surface area contributed by atoms with Gasteiger partial charge < -0.3 is 10.8 Å². The smallest absolute Gasteiger partial charge is 0.260 e. The molecule has 3 aromatic rings. The van der Waals surface area contributed by atoms with Crippen molar-refractivity contribution >= 4 is 17.0 Å². The number of anilines is 1. The van der Waals surface area contributed by atoms with Gasteiger partial charge in [-0.05, 0) is 44.5 Å². The minimum atomic E-state index is -1.13. The van der Waals surface area contributed by atoms with E-state index in [1.54, 1.807) is 39.0 Å². The molecule has 2 heterocycles. The third-order valence-electron chi connectivity index (χ3n) is 3.85. The van der Waals surface area contributed by atoms with Crippen LogP contribution in [0.2, 0.25) is 0 Å².